The van der Waals surface area contributed by atoms with Crippen molar-refractivity contribution in [2.75, 3.05) is 5.32 Å². The van der Waals surface area contributed by atoms with Gasteiger partial charge in [-0.15, -0.1) is 0 Å². The Balaban J connectivity index is 1.99. The van der Waals surface area contributed by atoms with Crippen molar-refractivity contribution in [1.29, 1.82) is 0 Å². The van der Waals surface area contributed by atoms with Gasteiger partial charge in [-0.3, -0.25) is 10.1 Å². The number of nitro benzene ring substituents is 1. The molecular weight excluding hydrogens is 499 g/mol. The zero-order valence-electron chi connectivity index (χ0n) is 19.8. The van der Waals surface area contributed by atoms with Crippen LogP contribution >= 0.6 is 15.9 Å². The number of hydrogen-bond donors (Lipinski definition) is 1. The smallest absolute Gasteiger partial charge is 0.306 e. The van der Waals surface area contributed by atoms with Gasteiger partial charge >= 0.3 is 5.69 Å². The van der Waals surface area contributed by atoms with Crippen LogP contribution in [0.15, 0.2) is 47.1 Å². The minimum atomic E-state index is -0.879. The minimum Gasteiger partial charge on any atom is -0.324 e. The van der Waals surface area contributed by atoms with Crippen LogP contribution in [0, 0.1) is 29.8 Å². The number of nitrogens with one attached hydrogen (secondary N) is 1. The number of allylic oxidation sites excluding steroid dienone is 1. The molecule has 0 radical (unpaired) electrons. The molecule has 0 saturated heterocycles. The van der Waals surface area contributed by atoms with Gasteiger partial charge in [-0.1, -0.05) is 44.0 Å². The maximum Gasteiger partial charge on any atom is 0.306 e. The second-order valence-electron chi connectivity index (χ2n) is 8.14. The average Bonchev–Trinajstić information content (AvgIpc) is 2.80. The van der Waals surface area contributed by atoms with E-state index in [9.17, 15) is 14.5 Å². The summed E-state index contributed by atoms with van der Waals surface area (Å²) in [7, 11) is 0. The van der Waals surface area contributed by atoms with Gasteiger partial charge in [0.15, 0.2) is 0 Å². The van der Waals surface area contributed by atoms with Gasteiger partial charge in [0.05, 0.1) is 20.8 Å². The molecule has 3 rings (SSSR count). The minimum absolute atomic E-state index is 0.262. The Morgan fingerprint density at radius 3 is 2.71 bits per heavy atom. The summed E-state index contributed by atoms with van der Waals surface area (Å²) in [6, 6.07) is 8.63. The standard InChI is InChI=1S/C26H28BrFN4O2/c1-5-7-8-10-18-11-9-12-20(17(18)4)19(6-2)25-21(27)15-29-26(31-25)30-23-14-24(32(33)34)22(28)13-16(23)3/h6,9,11-15H,5,7-8,10H2,1-4H3,(H,29,30,31)/b19-6+. The normalized spacial score (nSPS) is 11.5. The van der Waals surface area contributed by atoms with Gasteiger partial charge in [-0.25, -0.2) is 9.97 Å². The Kier molecular flexibility index (Phi) is 8.50. The van der Waals surface area contributed by atoms with E-state index in [-0.39, 0.29) is 5.95 Å². The van der Waals surface area contributed by atoms with Crippen LogP contribution in [0.2, 0.25) is 0 Å². The molecule has 1 aromatic heterocycles. The average molecular weight is 527 g/mol. The number of aromatic nitrogens is 2. The molecule has 6 nitrogen and oxygen atoms in total. The zero-order chi connectivity index (χ0) is 24.8. The third-order valence-electron chi connectivity index (χ3n) is 5.81. The molecule has 8 heteroatoms. The maximum absolute atomic E-state index is 13.9. The number of nitrogens with zero attached hydrogens (tertiary/aromatic N) is 3. The highest BCUT2D eigenvalue weighted by molar-refractivity contribution is 9.10. The van der Waals surface area contributed by atoms with E-state index in [1.165, 1.54) is 24.0 Å². The lowest BCUT2D eigenvalue weighted by Gasteiger charge is -2.16. The molecule has 1 N–H and O–H groups in total. The summed E-state index contributed by atoms with van der Waals surface area (Å²) in [6.07, 6.45) is 8.23. The number of aryl methyl sites for hydroxylation is 2. The van der Waals surface area contributed by atoms with Crippen molar-refractivity contribution in [1.82, 2.24) is 9.97 Å². The van der Waals surface area contributed by atoms with Crippen LogP contribution in [0.1, 0.15) is 61.1 Å². The molecule has 0 fully saturated rings. The van der Waals surface area contributed by atoms with E-state index in [1.54, 1.807) is 13.1 Å². The lowest BCUT2D eigenvalue weighted by Crippen LogP contribution is -2.05. The lowest BCUT2D eigenvalue weighted by atomic mass is 9.92. The van der Waals surface area contributed by atoms with E-state index in [0.717, 1.165) is 40.6 Å². The molecule has 0 unspecified atom stereocenters. The first-order valence-electron chi connectivity index (χ1n) is 11.3. The molecule has 0 aliphatic carbocycles. The van der Waals surface area contributed by atoms with Crippen molar-refractivity contribution in [3.8, 4) is 0 Å². The lowest BCUT2D eigenvalue weighted by molar-refractivity contribution is -0.387. The Morgan fingerprint density at radius 2 is 2.03 bits per heavy atom. The fourth-order valence-electron chi connectivity index (χ4n) is 3.90. The first-order valence-corrected chi connectivity index (χ1v) is 12.1. The monoisotopic (exact) mass is 526 g/mol. The maximum atomic E-state index is 13.9. The molecule has 3 aromatic rings. The Labute approximate surface area is 207 Å². The number of unbranched alkanes of at least 4 members (excludes halogenated alkanes) is 2. The second-order valence-corrected chi connectivity index (χ2v) is 8.99. The van der Waals surface area contributed by atoms with Gasteiger partial charge in [0, 0.05) is 17.8 Å². The summed E-state index contributed by atoms with van der Waals surface area (Å²) in [6.45, 7) is 7.97. The van der Waals surface area contributed by atoms with Crippen molar-refractivity contribution in [2.24, 2.45) is 0 Å². The topological polar surface area (TPSA) is 81.0 Å². The van der Waals surface area contributed by atoms with Gasteiger partial charge in [-0.05, 0) is 77.9 Å². The van der Waals surface area contributed by atoms with E-state index in [0.29, 0.717) is 16.9 Å². The SMILES string of the molecule is C/C=C(\c1cccc(CCCCC)c1C)c1nc(Nc2cc([N+](=O)[O-])c(F)cc2C)ncc1Br. The molecule has 0 amide bonds. The second kappa shape index (κ2) is 11.3. The number of nitro groups is 1. The molecule has 0 atom stereocenters. The van der Waals surface area contributed by atoms with E-state index in [2.05, 4.69) is 58.3 Å². The van der Waals surface area contributed by atoms with Crippen LogP contribution in [0.5, 0.6) is 0 Å². The quantitative estimate of drug-likeness (QED) is 0.174. The molecule has 0 spiro atoms. The highest BCUT2D eigenvalue weighted by Gasteiger charge is 2.19. The highest BCUT2D eigenvalue weighted by atomic mass is 79.9. The van der Waals surface area contributed by atoms with Gasteiger partial charge in [0.1, 0.15) is 0 Å². The van der Waals surface area contributed by atoms with Crippen molar-refractivity contribution in [3.05, 3.63) is 91.0 Å². The number of hydrogen-bond acceptors (Lipinski definition) is 5. The van der Waals surface area contributed by atoms with E-state index in [1.807, 2.05) is 13.0 Å². The number of anilines is 2. The van der Waals surface area contributed by atoms with Crippen LogP contribution in [0.25, 0.3) is 5.57 Å². The summed E-state index contributed by atoms with van der Waals surface area (Å²) in [4.78, 5) is 19.4. The molecule has 0 saturated carbocycles. The van der Waals surface area contributed by atoms with Crippen molar-refractivity contribution < 1.29 is 9.31 Å². The Hall–Kier alpha value is -3.13. The fourth-order valence-corrected chi connectivity index (χ4v) is 4.31. The number of benzene rings is 2. The van der Waals surface area contributed by atoms with E-state index < -0.39 is 16.4 Å². The fraction of sp³-hybridized carbons (Fsp3) is 0.308. The zero-order valence-corrected chi connectivity index (χ0v) is 21.4. The van der Waals surface area contributed by atoms with Crippen molar-refractivity contribution >= 4 is 38.8 Å². The Bertz CT molecular complexity index is 1240. The van der Waals surface area contributed by atoms with Crippen LogP contribution < -0.4 is 5.32 Å². The summed E-state index contributed by atoms with van der Waals surface area (Å²) in [5.41, 5.74) is 5.57. The van der Waals surface area contributed by atoms with Crippen LogP contribution in [-0.2, 0) is 6.42 Å². The van der Waals surface area contributed by atoms with Gasteiger partial charge in [0.2, 0.25) is 11.8 Å². The Morgan fingerprint density at radius 1 is 1.26 bits per heavy atom. The summed E-state index contributed by atoms with van der Waals surface area (Å²) in [5.74, 6) is -0.616. The van der Waals surface area contributed by atoms with Crippen molar-refractivity contribution in [3.63, 3.8) is 0 Å². The van der Waals surface area contributed by atoms with Crippen LogP contribution in [0.3, 0.4) is 0 Å². The third-order valence-corrected chi connectivity index (χ3v) is 6.39. The highest BCUT2D eigenvalue weighted by Crippen LogP contribution is 2.33. The van der Waals surface area contributed by atoms with Crippen molar-refractivity contribution in [2.45, 2.75) is 53.4 Å². The third kappa shape index (κ3) is 5.67. The molecule has 34 heavy (non-hydrogen) atoms. The predicted octanol–water partition coefficient (Wildman–Crippen LogP) is 7.83. The molecule has 2 aromatic carbocycles. The largest absolute Gasteiger partial charge is 0.324 e. The first-order chi connectivity index (χ1) is 16.3. The number of halogens is 2. The van der Waals surface area contributed by atoms with Gasteiger partial charge < -0.3 is 5.32 Å². The molecule has 1 heterocycles. The van der Waals surface area contributed by atoms with Crippen LogP contribution in [0.4, 0.5) is 21.7 Å². The number of rotatable bonds is 9. The molecule has 178 valence electrons. The molecule has 0 aliphatic heterocycles. The summed E-state index contributed by atoms with van der Waals surface area (Å²) in [5, 5.41) is 14.2. The molecule has 0 bridgehead atoms. The molecular formula is C26H28BrFN4O2. The molecule has 0 aliphatic rings. The van der Waals surface area contributed by atoms with Gasteiger partial charge in [0.25, 0.3) is 0 Å². The van der Waals surface area contributed by atoms with E-state index in [4.69, 9.17) is 4.98 Å². The van der Waals surface area contributed by atoms with Gasteiger partial charge in [-0.2, -0.15) is 4.39 Å². The van der Waals surface area contributed by atoms with Crippen LogP contribution in [-0.4, -0.2) is 14.9 Å². The van der Waals surface area contributed by atoms with E-state index >= 15 is 0 Å². The predicted molar refractivity (Wildman–Crippen MR) is 138 cm³/mol. The summed E-state index contributed by atoms with van der Waals surface area (Å²) < 4.78 is 14.7. The summed E-state index contributed by atoms with van der Waals surface area (Å²) >= 11 is 3.57. The first kappa shape index (κ1) is 25.5.